The van der Waals surface area contributed by atoms with E-state index in [-0.39, 0.29) is 23.5 Å². The van der Waals surface area contributed by atoms with Gasteiger partial charge in [0.25, 0.3) is 5.91 Å². The van der Waals surface area contributed by atoms with Gasteiger partial charge in [-0.3, -0.25) is 14.5 Å². The summed E-state index contributed by atoms with van der Waals surface area (Å²) in [6, 6.07) is 22.6. The minimum atomic E-state index is -0.226. The Morgan fingerprint density at radius 3 is 2.13 bits per heavy atom. The number of carbonyl (C=O) groups is 2. The Hall–Kier alpha value is -3.31. The van der Waals surface area contributed by atoms with Crippen LogP contribution in [0, 0.1) is 5.82 Å². The van der Waals surface area contributed by atoms with Crippen molar-refractivity contribution in [2.45, 2.75) is 25.4 Å². The maximum Gasteiger partial charge on any atom is 0.252 e. The first-order valence-corrected chi connectivity index (χ1v) is 10.6. The molecule has 0 spiro atoms. The third kappa shape index (κ3) is 5.25. The Balaban J connectivity index is 1.36. The van der Waals surface area contributed by atoms with Crippen LogP contribution in [0.3, 0.4) is 0 Å². The zero-order chi connectivity index (χ0) is 21.6. The Labute approximate surface area is 181 Å². The van der Waals surface area contributed by atoms with Crippen molar-refractivity contribution in [1.82, 2.24) is 10.2 Å². The van der Waals surface area contributed by atoms with Crippen LogP contribution in [-0.2, 0) is 6.54 Å². The highest BCUT2D eigenvalue weighted by atomic mass is 19.1. The average Bonchev–Trinajstić information content (AvgIpc) is 2.82. The fourth-order valence-electron chi connectivity index (χ4n) is 3.97. The molecular weight excluding hydrogens is 391 g/mol. The number of rotatable bonds is 6. The summed E-state index contributed by atoms with van der Waals surface area (Å²) < 4.78 is 13.1. The number of piperidine rings is 1. The van der Waals surface area contributed by atoms with Crippen molar-refractivity contribution >= 4 is 11.7 Å². The molecule has 1 heterocycles. The quantitative estimate of drug-likeness (QED) is 0.604. The second-order valence-corrected chi connectivity index (χ2v) is 7.89. The molecule has 1 saturated heterocycles. The van der Waals surface area contributed by atoms with Crippen LogP contribution in [0.15, 0.2) is 78.9 Å². The number of hydrogen-bond donors (Lipinski definition) is 1. The maximum atomic E-state index is 13.1. The maximum absolute atomic E-state index is 13.1. The van der Waals surface area contributed by atoms with E-state index < -0.39 is 0 Å². The first kappa shape index (κ1) is 20.9. The van der Waals surface area contributed by atoms with E-state index in [1.165, 1.54) is 12.1 Å². The lowest BCUT2D eigenvalue weighted by molar-refractivity contribution is 0.0901. The molecule has 0 aromatic heterocycles. The second kappa shape index (κ2) is 9.67. The molecular formula is C26H25FN2O2. The van der Waals surface area contributed by atoms with E-state index in [1.807, 2.05) is 30.3 Å². The molecule has 1 fully saturated rings. The van der Waals surface area contributed by atoms with Crippen molar-refractivity contribution in [3.8, 4) is 0 Å². The van der Waals surface area contributed by atoms with Crippen molar-refractivity contribution in [3.05, 3.63) is 107 Å². The first-order valence-electron chi connectivity index (χ1n) is 10.6. The number of amides is 1. The fraction of sp³-hybridized carbons (Fsp3) is 0.231. The molecule has 4 rings (SSSR count). The largest absolute Gasteiger partial charge is 0.349 e. The van der Waals surface area contributed by atoms with E-state index in [0.29, 0.717) is 16.7 Å². The summed E-state index contributed by atoms with van der Waals surface area (Å²) in [5.74, 6) is -0.589. The normalized spacial score (nSPS) is 14.9. The Morgan fingerprint density at radius 1 is 0.839 bits per heavy atom. The molecule has 5 heteroatoms. The van der Waals surface area contributed by atoms with E-state index in [9.17, 15) is 14.0 Å². The van der Waals surface area contributed by atoms with Crippen molar-refractivity contribution in [1.29, 1.82) is 0 Å². The zero-order valence-corrected chi connectivity index (χ0v) is 17.3. The van der Waals surface area contributed by atoms with Gasteiger partial charge in [-0.25, -0.2) is 4.39 Å². The van der Waals surface area contributed by atoms with Crippen LogP contribution in [0.1, 0.15) is 44.7 Å². The molecule has 1 aliphatic rings. The topological polar surface area (TPSA) is 49.4 Å². The van der Waals surface area contributed by atoms with Crippen molar-refractivity contribution in [2.75, 3.05) is 13.1 Å². The van der Waals surface area contributed by atoms with Gasteiger partial charge in [-0.15, -0.1) is 0 Å². The van der Waals surface area contributed by atoms with Crippen LogP contribution in [0.2, 0.25) is 0 Å². The van der Waals surface area contributed by atoms with Crippen LogP contribution < -0.4 is 5.32 Å². The highest BCUT2D eigenvalue weighted by Gasteiger charge is 2.23. The lowest BCUT2D eigenvalue weighted by Gasteiger charge is -2.32. The smallest absolute Gasteiger partial charge is 0.252 e. The van der Waals surface area contributed by atoms with E-state index in [0.717, 1.165) is 38.0 Å². The molecule has 1 N–H and O–H groups in total. The number of nitrogens with one attached hydrogen (secondary N) is 1. The summed E-state index contributed by atoms with van der Waals surface area (Å²) in [5.41, 5.74) is 2.47. The summed E-state index contributed by atoms with van der Waals surface area (Å²) in [7, 11) is 0. The Morgan fingerprint density at radius 2 is 1.45 bits per heavy atom. The van der Waals surface area contributed by atoms with Crippen LogP contribution in [0.4, 0.5) is 4.39 Å². The molecule has 31 heavy (non-hydrogen) atoms. The van der Waals surface area contributed by atoms with Gasteiger partial charge < -0.3 is 5.32 Å². The Kier molecular flexibility index (Phi) is 6.53. The van der Waals surface area contributed by atoms with E-state index >= 15 is 0 Å². The van der Waals surface area contributed by atoms with Crippen LogP contribution in [0.5, 0.6) is 0 Å². The molecule has 0 atom stereocenters. The third-order valence-electron chi connectivity index (χ3n) is 5.69. The van der Waals surface area contributed by atoms with Crippen molar-refractivity contribution in [3.63, 3.8) is 0 Å². The average molecular weight is 416 g/mol. The van der Waals surface area contributed by atoms with Gasteiger partial charge in [0.2, 0.25) is 0 Å². The summed E-state index contributed by atoms with van der Waals surface area (Å²) in [5, 5.41) is 3.11. The number of carbonyl (C=O) groups excluding carboxylic acids is 2. The highest BCUT2D eigenvalue weighted by molar-refractivity contribution is 6.15. The van der Waals surface area contributed by atoms with E-state index in [1.54, 1.807) is 36.4 Å². The minimum absolute atomic E-state index is 0.0665. The van der Waals surface area contributed by atoms with Crippen LogP contribution in [0.25, 0.3) is 0 Å². The van der Waals surface area contributed by atoms with Gasteiger partial charge in [-0.2, -0.15) is 0 Å². The molecule has 3 aromatic carbocycles. The monoisotopic (exact) mass is 416 g/mol. The lowest BCUT2D eigenvalue weighted by atomic mass is 9.97. The van der Waals surface area contributed by atoms with E-state index in [4.69, 9.17) is 0 Å². The molecule has 0 radical (unpaired) electrons. The van der Waals surface area contributed by atoms with Crippen molar-refractivity contribution in [2.24, 2.45) is 0 Å². The predicted octanol–water partition coefficient (Wildman–Crippen LogP) is 4.45. The minimum Gasteiger partial charge on any atom is -0.349 e. The number of ketones is 1. The molecule has 4 nitrogen and oxygen atoms in total. The van der Waals surface area contributed by atoms with Gasteiger partial charge in [-0.05, 0) is 36.6 Å². The van der Waals surface area contributed by atoms with Gasteiger partial charge in [0.05, 0.1) is 5.56 Å². The standard InChI is InChI=1S/C26H25FN2O2/c27-21-12-10-19(11-13-21)18-29-16-14-22(15-17-29)28-26(31)24-9-5-4-8-23(24)25(30)20-6-2-1-3-7-20/h1-13,22H,14-18H2,(H,28,31). The van der Waals surface area contributed by atoms with E-state index in [2.05, 4.69) is 10.2 Å². The summed E-state index contributed by atoms with van der Waals surface area (Å²) in [6.07, 6.45) is 1.67. The number of benzene rings is 3. The molecule has 1 aliphatic heterocycles. The molecule has 1 amide bonds. The summed E-state index contributed by atoms with van der Waals surface area (Å²) in [4.78, 5) is 28.2. The molecule has 158 valence electrons. The second-order valence-electron chi connectivity index (χ2n) is 7.89. The molecule has 0 unspecified atom stereocenters. The van der Waals surface area contributed by atoms with Crippen molar-refractivity contribution < 1.29 is 14.0 Å². The zero-order valence-electron chi connectivity index (χ0n) is 17.3. The van der Waals surface area contributed by atoms with Gasteiger partial charge >= 0.3 is 0 Å². The SMILES string of the molecule is O=C(NC1CCN(Cc2ccc(F)cc2)CC1)c1ccccc1C(=O)c1ccccc1. The molecule has 0 saturated carbocycles. The third-order valence-corrected chi connectivity index (χ3v) is 5.69. The fourth-order valence-corrected chi connectivity index (χ4v) is 3.97. The lowest BCUT2D eigenvalue weighted by Crippen LogP contribution is -2.44. The first-order chi connectivity index (χ1) is 15.1. The predicted molar refractivity (Wildman–Crippen MR) is 118 cm³/mol. The molecule has 3 aromatic rings. The van der Waals surface area contributed by atoms with Gasteiger partial charge in [0.15, 0.2) is 5.78 Å². The summed E-state index contributed by atoms with van der Waals surface area (Å²) in [6.45, 7) is 2.48. The van der Waals surface area contributed by atoms with Crippen LogP contribution in [-0.4, -0.2) is 35.7 Å². The summed E-state index contributed by atoms with van der Waals surface area (Å²) >= 11 is 0. The highest BCUT2D eigenvalue weighted by Crippen LogP contribution is 2.18. The number of nitrogens with zero attached hydrogens (tertiary/aromatic N) is 1. The van der Waals surface area contributed by atoms with Gasteiger partial charge in [0.1, 0.15) is 5.82 Å². The van der Waals surface area contributed by atoms with Gasteiger partial charge in [0, 0.05) is 36.8 Å². The number of halogens is 1. The molecule has 0 bridgehead atoms. The van der Waals surface area contributed by atoms with Crippen LogP contribution >= 0.6 is 0 Å². The Bertz CT molecular complexity index is 1040. The number of hydrogen-bond acceptors (Lipinski definition) is 3. The van der Waals surface area contributed by atoms with Gasteiger partial charge in [-0.1, -0.05) is 60.7 Å². The molecule has 0 aliphatic carbocycles. The number of likely N-dealkylation sites (tertiary alicyclic amines) is 1.